The summed E-state index contributed by atoms with van der Waals surface area (Å²) < 4.78 is 6.61. The SMILES string of the molecule is CC(C)CCOc1ccc(Br)cc1C(=O)NC(=S)Nc1ccc(C(=O)N2CCC(C)CC2)cc1. The third kappa shape index (κ3) is 7.53. The fraction of sp³-hybridized carbons (Fsp3) is 0.423. The molecular formula is C26H32BrN3O3S. The number of piperidine rings is 1. The van der Waals surface area contributed by atoms with Crippen LogP contribution in [0.15, 0.2) is 46.9 Å². The Balaban J connectivity index is 1.57. The van der Waals surface area contributed by atoms with Gasteiger partial charge >= 0.3 is 0 Å². The maximum Gasteiger partial charge on any atom is 0.261 e. The van der Waals surface area contributed by atoms with Crippen LogP contribution in [0.3, 0.4) is 0 Å². The smallest absolute Gasteiger partial charge is 0.261 e. The number of thiocarbonyl (C=S) groups is 1. The molecule has 2 aromatic rings. The molecule has 2 amide bonds. The molecule has 1 fully saturated rings. The predicted molar refractivity (Wildman–Crippen MR) is 144 cm³/mol. The number of hydrogen-bond acceptors (Lipinski definition) is 4. The van der Waals surface area contributed by atoms with Crippen molar-refractivity contribution in [2.45, 2.75) is 40.0 Å². The number of rotatable bonds is 7. The largest absolute Gasteiger partial charge is 0.493 e. The number of nitrogens with one attached hydrogen (secondary N) is 2. The molecule has 0 unspecified atom stereocenters. The van der Waals surface area contributed by atoms with Gasteiger partial charge in [-0.3, -0.25) is 14.9 Å². The Kier molecular flexibility index (Phi) is 9.47. The summed E-state index contributed by atoms with van der Waals surface area (Å²) >= 11 is 8.75. The highest BCUT2D eigenvalue weighted by Crippen LogP contribution is 2.24. The number of benzene rings is 2. The number of carbonyl (C=O) groups excluding carboxylic acids is 2. The van der Waals surface area contributed by atoms with Gasteiger partial charge in [-0.2, -0.15) is 0 Å². The van der Waals surface area contributed by atoms with Gasteiger partial charge in [0.2, 0.25) is 0 Å². The van der Waals surface area contributed by atoms with E-state index in [2.05, 4.69) is 47.3 Å². The number of halogens is 1. The summed E-state index contributed by atoms with van der Waals surface area (Å²) in [7, 11) is 0. The highest BCUT2D eigenvalue weighted by atomic mass is 79.9. The van der Waals surface area contributed by atoms with E-state index in [1.165, 1.54) is 0 Å². The molecule has 1 heterocycles. The molecule has 1 saturated heterocycles. The van der Waals surface area contributed by atoms with E-state index in [0.29, 0.717) is 41.0 Å². The summed E-state index contributed by atoms with van der Waals surface area (Å²) in [5.41, 5.74) is 1.74. The molecule has 2 N–H and O–H groups in total. The van der Waals surface area contributed by atoms with Crippen molar-refractivity contribution in [3.8, 4) is 5.75 Å². The van der Waals surface area contributed by atoms with Crippen LogP contribution in [0.4, 0.5) is 5.69 Å². The van der Waals surface area contributed by atoms with E-state index in [1.807, 2.05) is 11.0 Å². The molecule has 1 aliphatic rings. The van der Waals surface area contributed by atoms with Crippen molar-refractivity contribution in [1.82, 2.24) is 10.2 Å². The molecule has 8 heteroatoms. The Morgan fingerprint density at radius 2 is 1.82 bits per heavy atom. The van der Waals surface area contributed by atoms with Crippen molar-refractivity contribution in [3.63, 3.8) is 0 Å². The molecule has 1 aliphatic heterocycles. The van der Waals surface area contributed by atoms with Crippen LogP contribution in [-0.4, -0.2) is 41.5 Å². The fourth-order valence-corrected chi connectivity index (χ4v) is 4.20. The van der Waals surface area contributed by atoms with Gasteiger partial charge in [0.05, 0.1) is 12.2 Å². The maximum atomic E-state index is 12.9. The molecule has 0 spiro atoms. The average Bonchev–Trinajstić information content (AvgIpc) is 2.80. The first-order chi connectivity index (χ1) is 16.2. The van der Waals surface area contributed by atoms with Gasteiger partial charge in [0.1, 0.15) is 5.75 Å². The van der Waals surface area contributed by atoms with Gasteiger partial charge in [-0.15, -0.1) is 0 Å². The van der Waals surface area contributed by atoms with Crippen LogP contribution in [-0.2, 0) is 0 Å². The second-order valence-electron chi connectivity index (χ2n) is 9.13. The van der Waals surface area contributed by atoms with Crippen molar-refractivity contribution < 1.29 is 14.3 Å². The Labute approximate surface area is 215 Å². The van der Waals surface area contributed by atoms with Gasteiger partial charge in [0.15, 0.2) is 5.11 Å². The third-order valence-corrected chi connectivity index (χ3v) is 6.52. The monoisotopic (exact) mass is 545 g/mol. The fourth-order valence-electron chi connectivity index (χ4n) is 3.63. The highest BCUT2D eigenvalue weighted by Gasteiger charge is 2.21. The van der Waals surface area contributed by atoms with Crippen molar-refractivity contribution in [1.29, 1.82) is 0 Å². The average molecular weight is 547 g/mol. The summed E-state index contributed by atoms with van der Waals surface area (Å²) in [5, 5.41) is 5.89. The molecule has 6 nitrogen and oxygen atoms in total. The number of carbonyl (C=O) groups is 2. The van der Waals surface area contributed by atoms with Crippen LogP contribution in [0.5, 0.6) is 5.75 Å². The number of nitrogens with zero attached hydrogens (tertiary/aromatic N) is 1. The molecule has 2 aromatic carbocycles. The number of amides is 2. The molecule has 34 heavy (non-hydrogen) atoms. The second kappa shape index (κ2) is 12.3. The molecule has 0 atom stereocenters. The number of anilines is 1. The zero-order valence-corrected chi connectivity index (χ0v) is 22.3. The van der Waals surface area contributed by atoms with E-state index in [4.69, 9.17) is 17.0 Å². The number of ether oxygens (including phenoxy) is 1. The zero-order valence-electron chi connectivity index (χ0n) is 19.9. The van der Waals surface area contributed by atoms with E-state index in [1.54, 1.807) is 36.4 Å². The Hall–Kier alpha value is -2.45. The summed E-state index contributed by atoms with van der Waals surface area (Å²) in [6.45, 7) is 8.60. The van der Waals surface area contributed by atoms with Gasteiger partial charge in [0, 0.05) is 28.8 Å². The molecule has 0 radical (unpaired) electrons. The number of likely N-dealkylation sites (tertiary alicyclic amines) is 1. The summed E-state index contributed by atoms with van der Waals surface area (Å²) in [6, 6.07) is 12.5. The molecule has 0 aliphatic carbocycles. The standard InChI is InChI=1S/C26H32BrN3O3S/c1-17(2)12-15-33-23-9-6-20(27)16-22(23)24(31)29-26(34)28-21-7-4-19(5-8-21)25(32)30-13-10-18(3)11-14-30/h4-9,16-18H,10-15H2,1-3H3,(H2,28,29,31,34). The molecule has 0 aromatic heterocycles. The van der Waals surface area contributed by atoms with Gasteiger partial charge in [-0.05, 0) is 85.8 Å². The van der Waals surface area contributed by atoms with Crippen LogP contribution < -0.4 is 15.4 Å². The zero-order chi connectivity index (χ0) is 24.7. The highest BCUT2D eigenvalue weighted by molar-refractivity contribution is 9.10. The first-order valence-corrected chi connectivity index (χ1v) is 12.9. The van der Waals surface area contributed by atoms with Gasteiger partial charge < -0.3 is 15.0 Å². The van der Waals surface area contributed by atoms with Crippen molar-refractivity contribution in [2.24, 2.45) is 11.8 Å². The summed E-state index contributed by atoms with van der Waals surface area (Å²) in [5.74, 6) is 1.39. The summed E-state index contributed by atoms with van der Waals surface area (Å²) in [4.78, 5) is 27.5. The number of hydrogen-bond donors (Lipinski definition) is 2. The van der Waals surface area contributed by atoms with Crippen LogP contribution in [0.2, 0.25) is 0 Å². The predicted octanol–water partition coefficient (Wildman–Crippen LogP) is 5.87. The van der Waals surface area contributed by atoms with E-state index in [-0.39, 0.29) is 16.9 Å². The Morgan fingerprint density at radius 1 is 1.15 bits per heavy atom. The topological polar surface area (TPSA) is 70.7 Å². The van der Waals surface area contributed by atoms with Crippen LogP contribution in [0, 0.1) is 11.8 Å². The molecule has 0 bridgehead atoms. The molecule has 3 rings (SSSR count). The van der Waals surface area contributed by atoms with Gasteiger partial charge in [-0.1, -0.05) is 36.7 Å². The first-order valence-electron chi connectivity index (χ1n) is 11.7. The normalized spacial score (nSPS) is 14.1. The van der Waals surface area contributed by atoms with Crippen molar-refractivity contribution >= 4 is 50.8 Å². The lowest BCUT2D eigenvalue weighted by Crippen LogP contribution is -2.37. The van der Waals surface area contributed by atoms with E-state index >= 15 is 0 Å². The lowest BCUT2D eigenvalue weighted by molar-refractivity contribution is 0.0697. The minimum absolute atomic E-state index is 0.0500. The van der Waals surface area contributed by atoms with Gasteiger partial charge in [0.25, 0.3) is 11.8 Å². The third-order valence-electron chi connectivity index (χ3n) is 5.83. The van der Waals surface area contributed by atoms with Crippen LogP contribution >= 0.6 is 28.1 Å². The first kappa shape index (κ1) is 26.2. The Morgan fingerprint density at radius 3 is 2.47 bits per heavy atom. The van der Waals surface area contributed by atoms with E-state index in [9.17, 15) is 9.59 Å². The van der Waals surface area contributed by atoms with Gasteiger partial charge in [-0.25, -0.2) is 0 Å². The second-order valence-corrected chi connectivity index (χ2v) is 10.5. The lowest BCUT2D eigenvalue weighted by atomic mass is 9.98. The van der Waals surface area contributed by atoms with Crippen LogP contribution in [0.1, 0.15) is 60.7 Å². The Bertz CT molecular complexity index is 1020. The van der Waals surface area contributed by atoms with E-state index in [0.717, 1.165) is 36.8 Å². The minimum atomic E-state index is -0.357. The molecule has 182 valence electrons. The van der Waals surface area contributed by atoms with Crippen molar-refractivity contribution in [2.75, 3.05) is 25.0 Å². The quantitative estimate of drug-likeness (QED) is 0.425. The molecular weight excluding hydrogens is 514 g/mol. The maximum absolute atomic E-state index is 12.9. The molecule has 0 saturated carbocycles. The van der Waals surface area contributed by atoms with E-state index < -0.39 is 0 Å². The minimum Gasteiger partial charge on any atom is -0.493 e. The van der Waals surface area contributed by atoms with Crippen LogP contribution in [0.25, 0.3) is 0 Å². The lowest BCUT2D eigenvalue weighted by Gasteiger charge is -2.30. The van der Waals surface area contributed by atoms with Crippen molar-refractivity contribution in [3.05, 3.63) is 58.1 Å². The summed E-state index contributed by atoms with van der Waals surface area (Å²) in [6.07, 6.45) is 2.98.